The molecule has 1 aliphatic rings. The predicted octanol–water partition coefficient (Wildman–Crippen LogP) is 1.81. The van der Waals surface area contributed by atoms with Crippen LogP contribution in [0.1, 0.15) is 23.7 Å². The van der Waals surface area contributed by atoms with Gasteiger partial charge in [0.25, 0.3) is 5.91 Å². The summed E-state index contributed by atoms with van der Waals surface area (Å²) >= 11 is 0. The maximum atomic E-state index is 12.5. The van der Waals surface area contributed by atoms with Crippen LogP contribution in [0.25, 0.3) is 5.69 Å². The number of nitrogens with zero attached hydrogens (tertiary/aromatic N) is 3. The Balaban J connectivity index is 1.77. The van der Waals surface area contributed by atoms with Gasteiger partial charge in [-0.2, -0.15) is 5.10 Å². The molecule has 1 aliphatic heterocycles. The molecule has 22 heavy (non-hydrogen) atoms. The first-order valence-electron chi connectivity index (χ1n) is 7.12. The molecule has 1 saturated heterocycles. The average Bonchev–Trinajstić information content (AvgIpc) is 3.15. The third-order valence-corrected chi connectivity index (χ3v) is 4.13. The summed E-state index contributed by atoms with van der Waals surface area (Å²) in [5, 5.41) is 13.4. The molecule has 6 heteroatoms. The highest BCUT2D eigenvalue weighted by Crippen LogP contribution is 2.31. The Labute approximate surface area is 128 Å². The van der Waals surface area contributed by atoms with E-state index in [2.05, 4.69) is 5.10 Å². The minimum absolute atomic E-state index is 0.174. The normalized spacial score (nSPS) is 21.0. The highest BCUT2D eigenvalue weighted by atomic mass is 16.4. The van der Waals surface area contributed by atoms with E-state index in [-0.39, 0.29) is 12.5 Å². The molecule has 2 aromatic rings. The van der Waals surface area contributed by atoms with Crippen molar-refractivity contribution in [2.24, 2.45) is 5.41 Å². The number of carboxylic acid groups (broad SMARTS) is 1. The first-order chi connectivity index (χ1) is 10.5. The summed E-state index contributed by atoms with van der Waals surface area (Å²) in [4.78, 5) is 25.3. The summed E-state index contributed by atoms with van der Waals surface area (Å²) in [5.41, 5.74) is 0.488. The number of hydrogen-bond donors (Lipinski definition) is 1. The van der Waals surface area contributed by atoms with E-state index in [1.807, 2.05) is 30.3 Å². The van der Waals surface area contributed by atoms with Gasteiger partial charge >= 0.3 is 5.97 Å². The van der Waals surface area contributed by atoms with Crippen LogP contribution in [0, 0.1) is 5.41 Å². The van der Waals surface area contributed by atoms with Crippen molar-refractivity contribution in [2.75, 3.05) is 13.1 Å². The Bertz CT molecular complexity index is 710. The molecule has 0 radical (unpaired) electrons. The maximum absolute atomic E-state index is 12.5. The van der Waals surface area contributed by atoms with Crippen LogP contribution in [-0.2, 0) is 4.79 Å². The topological polar surface area (TPSA) is 75.4 Å². The van der Waals surface area contributed by atoms with Crippen molar-refractivity contribution in [3.05, 3.63) is 48.3 Å². The Kier molecular flexibility index (Phi) is 3.44. The molecule has 114 valence electrons. The van der Waals surface area contributed by atoms with Crippen molar-refractivity contribution < 1.29 is 14.7 Å². The molecular weight excluding hydrogens is 282 g/mol. The minimum Gasteiger partial charge on any atom is -0.481 e. The van der Waals surface area contributed by atoms with E-state index in [0.29, 0.717) is 18.5 Å². The average molecular weight is 299 g/mol. The highest BCUT2D eigenvalue weighted by Gasteiger charge is 2.42. The molecule has 3 rings (SSSR count). The minimum atomic E-state index is -0.859. The van der Waals surface area contributed by atoms with Gasteiger partial charge in [-0.05, 0) is 25.5 Å². The van der Waals surface area contributed by atoms with Crippen molar-refractivity contribution >= 4 is 11.9 Å². The van der Waals surface area contributed by atoms with Gasteiger partial charge in [0.2, 0.25) is 0 Å². The molecule has 0 aliphatic carbocycles. The van der Waals surface area contributed by atoms with E-state index in [1.165, 1.54) is 6.20 Å². The van der Waals surface area contributed by atoms with Crippen molar-refractivity contribution in [1.29, 1.82) is 0 Å². The molecule has 1 amide bonds. The summed E-state index contributed by atoms with van der Waals surface area (Å²) in [5.74, 6) is -1.03. The number of aromatic nitrogens is 2. The van der Waals surface area contributed by atoms with Crippen molar-refractivity contribution in [3.8, 4) is 5.69 Å². The van der Waals surface area contributed by atoms with Crippen LogP contribution in [0.15, 0.2) is 42.7 Å². The molecule has 1 aromatic carbocycles. The van der Waals surface area contributed by atoms with E-state index in [9.17, 15) is 14.7 Å². The Morgan fingerprint density at radius 3 is 2.64 bits per heavy atom. The number of benzene rings is 1. The molecule has 0 spiro atoms. The third-order valence-electron chi connectivity index (χ3n) is 4.13. The molecule has 0 saturated carbocycles. The number of likely N-dealkylation sites (tertiary alicyclic amines) is 1. The summed E-state index contributed by atoms with van der Waals surface area (Å²) < 4.78 is 1.64. The number of rotatable bonds is 3. The van der Waals surface area contributed by atoms with Crippen LogP contribution in [0.4, 0.5) is 0 Å². The molecule has 6 nitrogen and oxygen atoms in total. The van der Waals surface area contributed by atoms with Crippen LogP contribution in [0.3, 0.4) is 0 Å². The largest absolute Gasteiger partial charge is 0.481 e. The highest BCUT2D eigenvalue weighted by molar-refractivity contribution is 5.94. The van der Waals surface area contributed by atoms with E-state index in [1.54, 1.807) is 22.7 Å². The lowest BCUT2D eigenvalue weighted by molar-refractivity contribution is -0.147. The second-order valence-corrected chi connectivity index (χ2v) is 5.85. The molecule has 1 aromatic heterocycles. The fourth-order valence-corrected chi connectivity index (χ4v) is 2.65. The zero-order valence-corrected chi connectivity index (χ0v) is 12.3. The SMILES string of the molecule is CC1(C(=O)O)CCN(C(=O)c2cnn(-c3ccccc3)c2)C1. The zero-order valence-electron chi connectivity index (χ0n) is 12.3. The van der Waals surface area contributed by atoms with Crippen molar-refractivity contribution in [1.82, 2.24) is 14.7 Å². The number of carbonyl (C=O) groups is 2. The van der Waals surface area contributed by atoms with Gasteiger partial charge in [0, 0.05) is 19.3 Å². The van der Waals surface area contributed by atoms with Gasteiger partial charge in [-0.25, -0.2) is 4.68 Å². The quantitative estimate of drug-likeness (QED) is 0.938. The number of amides is 1. The Morgan fingerprint density at radius 1 is 1.27 bits per heavy atom. The molecule has 2 heterocycles. The smallest absolute Gasteiger partial charge is 0.311 e. The second-order valence-electron chi connectivity index (χ2n) is 5.85. The molecule has 0 bridgehead atoms. The van der Waals surface area contributed by atoms with Crippen LogP contribution in [0.5, 0.6) is 0 Å². The molecule has 1 atom stereocenters. The van der Waals surface area contributed by atoms with Crippen LogP contribution >= 0.6 is 0 Å². The number of carboxylic acids is 1. The maximum Gasteiger partial charge on any atom is 0.311 e. The lowest BCUT2D eigenvalue weighted by Gasteiger charge is -2.19. The standard InChI is InChI=1S/C16H17N3O3/c1-16(15(21)22)7-8-18(11-16)14(20)12-9-17-19(10-12)13-5-3-2-4-6-13/h2-6,9-10H,7-8,11H2,1H3,(H,21,22). The van der Waals surface area contributed by atoms with E-state index < -0.39 is 11.4 Å². The van der Waals surface area contributed by atoms with Crippen LogP contribution in [0.2, 0.25) is 0 Å². The molecule has 1 N–H and O–H groups in total. The number of para-hydroxylation sites is 1. The lowest BCUT2D eigenvalue weighted by Crippen LogP contribution is -2.34. The number of carbonyl (C=O) groups excluding carboxylic acids is 1. The fraction of sp³-hybridized carbons (Fsp3) is 0.312. The van der Waals surface area contributed by atoms with E-state index in [4.69, 9.17) is 0 Å². The van der Waals surface area contributed by atoms with Crippen LogP contribution in [-0.4, -0.2) is 44.8 Å². The Morgan fingerprint density at radius 2 is 2.00 bits per heavy atom. The van der Waals surface area contributed by atoms with Crippen molar-refractivity contribution in [2.45, 2.75) is 13.3 Å². The van der Waals surface area contributed by atoms with Gasteiger partial charge in [0.15, 0.2) is 0 Å². The zero-order chi connectivity index (χ0) is 15.7. The van der Waals surface area contributed by atoms with Crippen LogP contribution < -0.4 is 0 Å². The van der Waals surface area contributed by atoms with Gasteiger partial charge in [-0.1, -0.05) is 18.2 Å². The summed E-state index contributed by atoms with van der Waals surface area (Å²) in [6.45, 7) is 2.37. The number of aliphatic carboxylic acids is 1. The molecule has 1 fully saturated rings. The Hall–Kier alpha value is -2.63. The summed E-state index contributed by atoms with van der Waals surface area (Å²) in [7, 11) is 0. The van der Waals surface area contributed by atoms with Gasteiger partial charge in [0.1, 0.15) is 0 Å². The number of hydrogen-bond acceptors (Lipinski definition) is 3. The van der Waals surface area contributed by atoms with E-state index in [0.717, 1.165) is 5.69 Å². The fourth-order valence-electron chi connectivity index (χ4n) is 2.65. The van der Waals surface area contributed by atoms with Gasteiger partial charge < -0.3 is 10.0 Å². The first-order valence-corrected chi connectivity index (χ1v) is 7.12. The first kappa shape index (κ1) is 14.3. The summed E-state index contributed by atoms with van der Waals surface area (Å²) in [6.07, 6.45) is 3.67. The third kappa shape index (κ3) is 2.47. The summed E-state index contributed by atoms with van der Waals surface area (Å²) in [6, 6.07) is 9.52. The second kappa shape index (κ2) is 5.29. The van der Waals surface area contributed by atoms with Gasteiger partial charge in [0.05, 0.1) is 22.9 Å². The molecule has 1 unspecified atom stereocenters. The van der Waals surface area contributed by atoms with Gasteiger partial charge in [-0.15, -0.1) is 0 Å². The molecular formula is C16H17N3O3. The monoisotopic (exact) mass is 299 g/mol. The predicted molar refractivity (Wildman–Crippen MR) is 79.8 cm³/mol. The lowest BCUT2D eigenvalue weighted by atomic mass is 9.90. The van der Waals surface area contributed by atoms with Crippen molar-refractivity contribution in [3.63, 3.8) is 0 Å². The van der Waals surface area contributed by atoms with Gasteiger partial charge in [-0.3, -0.25) is 9.59 Å². The van der Waals surface area contributed by atoms with E-state index >= 15 is 0 Å².